The Hall–Kier alpha value is -1.33. The number of benzene rings is 1. The van der Waals surface area contributed by atoms with E-state index in [1.807, 2.05) is 24.3 Å². The van der Waals surface area contributed by atoms with Gasteiger partial charge in [0.05, 0.1) is 17.9 Å². The van der Waals surface area contributed by atoms with Crippen molar-refractivity contribution in [3.8, 4) is 11.1 Å². The number of nitrogen functional groups attached to an aromatic ring is 1. The Balaban J connectivity index is 2.44. The Morgan fingerprint density at radius 1 is 1.41 bits per heavy atom. The molecule has 4 nitrogen and oxygen atoms in total. The van der Waals surface area contributed by atoms with E-state index in [4.69, 9.17) is 15.0 Å². The van der Waals surface area contributed by atoms with E-state index in [2.05, 4.69) is 21.1 Å². The Morgan fingerprint density at radius 3 is 2.88 bits per heavy atom. The van der Waals surface area contributed by atoms with Gasteiger partial charge in [0.15, 0.2) is 0 Å². The summed E-state index contributed by atoms with van der Waals surface area (Å²) in [6.07, 6.45) is 0.674. The van der Waals surface area contributed by atoms with Crippen LogP contribution in [-0.2, 0) is 11.2 Å². The summed E-state index contributed by atoms with van der Waals surface area (Å²) in [4.78, 5) is 0. The number of hydrogen-bond donors (Lipinski definition) is 1. The maximum Gasteiger partial charge on any atom is 0.230 e. The first-order valence-electron chi connectivity index (χ1n) is 5.22. The molecule has 1 aromatic heterocycles. The minimum absolute atomic E-state index is 0.336. The molecule has 0 bridgehead atoms. The molecule has 90 valence electrons. The van der Waals surface area contributed by atoms with Gasteiger partial charge in [0, 0.05) is 23.6 Å². The minimum atomic E-state index is 0.336. The lowest BCUT2D eigenvalue weighted by Crippen LogP contribution is -1.97. The highest BCUT2D eigenvalue weighted by molar-refractivity contribution is 9.10. The van der Waals surface area contributed by atoms with Crippen LogP contribution in [0, 0.1) is 0 Å². The van der Waals surface area contributed by atoms with Crippen molar-refractivity contribution >= 4 is 21.8 Å². The van der Waals surface area contributed by atoms with E-state index in [-0.39, 0.29) is 0 Å². The van der Waals surface area contributed by atoms with Crippen LogP contribution in [0.15, 0.2) is 33.3 Å². The average Bonchev–Trinajstić information content (AvgIpc) is 2.69. The largest absolute Gasteiger partial charge is 0.384 e. The second kappa shape index (κ2) is 5.33. The minimum Gasteiger partial charge on any atom is -0.384 e. The number of nitrogens with two attached hydrogens (primary N) is 1. The van der Waals surface area contributed by atoms with Crippen LogP contribution in [0.4, 0.5) is 5.88 Å². The second-order valence-electron chi connectivity index (χ2n) is 3.59. The molecule has 1 aromatic carbocycles. The molecular formula is C12H13BrN2O2. The molecule has 0 atom stereocenters. The fraction of sp³-hybridized carbons (Fsp3) is 0.250. The molecule has 0 aliphatic rings. The highest BCUT2D eigenvalue weighted by Crippen LogP contribution is 2.34. The van der Waals surface area contributed by atoms with E-state index in [0.29, 0.717) is 18.9 Å². The molecule has 0 fully saturated rings. The van der Waals surface area contributed by atoms with Gasteiger partial charge in [-0.1, -0.05) is 39.3 Å². The van der Waals surface area contributed by atoms with Crippen LogP contribution in [-0.4, -0.2) is 18.9 Å². The molecule has 5 heteroatoms. The van der Waals surface area contributed by atoms with Crippen molar-refractivity contribution in [3.05, 3.63) is 34.4 Å². The van der Waals surface area contributed by atoms with Crippen molar-refractivity contribution < 1.29 is 9.26 Å². The molecule has 0 aliphatic heterocycles. The van der Waals surface area contributed by atoms with Crippen LogP contribution in [0.3, 0.4) is 0 Å². The SMILES string of the molecule is COCCc1noc(N)c1-c1ccccc1Br. The molecule has 0 saturated carbocycles. The highest BCUT2D eigenvalue weighted by atomic mass is 79.9. The first-order chi connectivity index (χ1) is 8.24. The van der Waals surface area contributed by atoms with Crippen LogP contribution in [0.5, 0.6) is 0 Å². The number of rotatable bonds is 4. The highest BCUT2D eigenvalue weighted by Gasteiger charge is 2.17. The number of aromatic nitrogens is 1. The van der Waals surface area contributed by atoms with Crippen LogP contribution < -0.4 is 5.73 Å². The van der Waals surface area contributed by atoms with E-state index < -0.39 is 0 Å². The van der Waals surface area contributed by atoms with Crippen LogP contribution in [0.25, 0.3) is 11.1 Å². The summed E-state index contributed by atoms with van der Waals surface area (Å²) in [7, 11) is 1.65. The average molecular weight is 297 g/mol. The van der Waals surface area contributed by atoms with Gasteiger partial charge < -0.3 is 15.0 Å². The van der Waals surface area contributed by atoms with E-state index >= 15 is 0 Å². The quantitative estimate of drug-likeness (QED) is 0.942. The van der Waals surface area contributed by atoms with E-state index in [9.17, 15) is 0 Å². The van der Waals surface area contributed by atoms with Gasteiger partial charge in [0.1, 0.15) is 0 Å². The van der Waals surface area contributed by atoms with Crippen molar-refractivity contribution in [2.75, 3.05) is 19.5 Å². The zero-order valence-electron chi connectivity index (χ0n) is 9.44. The van der Waals surface area contributed by atoms with Gasteiger partial charge in [-0.15, -0.1) is 0 Å². The van der Waals surface area contributed by atoms with Crippen molar-refractivity contribution in [1.29, 1.82) is 0 Å². The zero-order valence-corrected chi connectivity index (χ0v) is 11.0. The molecule has 0 aliphatic carbocycles. The van der Waals surface area contributed by atoms with Gasteiger partial charge in [-0.2, -0.15) is 0 Å². The zero-order chi connectivity index (χ0) is 12.3. The third kappa shape index (κ3) is 2.50. The summed E-state index contributed by atoms with van der Waals surface area (Å²) < 4.78 is 11.1. The van der Waals surface area contributed by atoms with Crippen LogP contribution in [0.2, 0.25) is 0 Å². The van der Waals surface area contributed by atoms with E-state index in [1.54, 1.807) is 7.11 Å². The molecule has 0 spiro atoms. The smallest absolute Gasteiger partial charge is 0.230 e. The van der Waals surface area contributed by atoms with Gasteiger partial charge in [-0.3, -0.25) is 0 Å². The van der Waals surface area contributed by atoms with Crippen molar-refractivity contribution in [3.63, 3.8) is 0 Å². The summed E-state index contributed by atoms with van der Waals surface area (Å²) in [6, 6.07) is 7.84. The molecule has 2 rings (SSSR count). The molecule has 0 amide bonds. The monoisotopic (exact) mass is 296 g/mol. The van der Waals surface area contributed by atoms with Crippen molar-refractivity contribution in [2.45, 2.75) is 6.42 Å². The second-order valence-corrected chi connectivity index (χ2v) is 4.45. The molecular weight excluding hydrogens is 284 g/mol. The number of nitrogens with zero attached hydrogens (tertiary/aromatic N) is 1. The Kier molecular flexibility index (Phi) is 3.81. The lowest BCUT2D eigenvalue weighted by atomic mass is 10.0. The first-order valence-corrected chi connectivity index (χ1v) is 6.01. The van der Waals surface area contributed by atoms with Gasteiger partial charge in [0.25, 0.3) is 0 Å². The van der Waals surface area contributed by atoms with Gasteiger partial charge in [0.2, 0.25) is 5.88 Å². The van der Waals surface area contributed by atoms with Crippen molar-refractivity contribution in [1.82, 2.24) is 5.16 Å². The number of methoxy groups -OCH3 is 1. The maximum atomic E-state index is 5.82. The Bertz CT molecular complexity index is 511. The number of anilines is 1. The number of ether oxygens (including phenoxy) is 1. The van der Waals surface area contributed by atoms with Crippen molar-refractivity contribution in [2.24, 2.45) is 0 Å². The Morgan fingerprint density at radius 2 is 2.18 bits per heavy atom. The van der Waals surface area contributed by atoms with Crippen LogP contribution in [0.1, 0.15) is 5.69 Å². The van der Waals surface area contributed by atoms with E-state index in [0.717, 1.165) is 21.3 Å². The van der Waals surface area contributed by atoms with E-state index in [1.165, 1.54) is 0 Å². The molecule has 17 heavy (non-hydrogen) atoms. The molecule has 0 unspecified atom stereocenters. The summed E-state index contributed by atoms with van der Waals surface area (Å²) >= 11 is 3.50. The summed E-state index contributed by atoms with van der Waals surface area (Å²) in [5, 5.41) is 3.97. The molecule has 0 saturated heterocycles. The van der Waals surface area contributed by atoms with Gasteiger partial charge in [-0.25, -0.2) is 0 Å². The Labute approximate surface area is 108 Å². The maximum absolute atomic E-state index is 5.82. The standard InChI is InChI=1S/C12H13BrN2O2/c1-16-7-6-10-11(12(14)17-15-10)8-4-2-3-5-9(8)13/h2-5H,6-7,14H2,1H3. The van der Waals surface area contributed by atoms with Gasteiger partial charge in [-0.05, 0) is 6.07 Å². The molecule has 1 heterocycles. The number of hydrogen-bond acceptors (Lipinski definition) is 4. The predicted octanol–water partition coefficient (Wildman–Crippen LogP) is 2.88. The molecule has 0 radical (unpaired) electrons. The molecule has 2 N–H and O–H groups in total. The number of halogens is 1. The summed E-state index contributed by atoms with van der Waals surface area (Å²) in [5.74, 6) is 0.336. The summed E-state index contributed by atoms with van der Waals surface area (Å²) in [5.41, 5.74) is 8.46. The lowest BCUT2D eigenvalue weighted by molar-refractivity contribution is 0.200. The van der Waals surface area contributed by atoms with Crippen LogP contribution >= 0.6 is 15.9 Å². The fourth-order valence-corrected chi connectivity index (χ4v) is 2.14. The van der Waals surface area contributed by atoms with Gasteiger partial charge >= 0.3 is 0 Å². The molecule has 2 aromatic rings. The third-order valence-corrected chi connectivity index (χ3v) is 3.17. The summed E-state index contributed by atoms with van der Waals surface area (Å²) in [6.45, 7) is 0.587. The topological polar surface area (TPSA) is 61.3 Å². The fourth-order valence-electron chi connectivity index (χ4n) is 1.66. The predicted molar refractivity (Wildman–Crippen MR) is 69.6 cm³/mol. The lowest BCUT2D eigenvalue weighted by Gasteiger charge is -2.04. The first kappa shape index (κ1) is 12.1. The third-order valence-electron chi connectivity index (χ3n) is 2.48. The normalized spacial score (nSPS) is 10.7.